The van der Waals surface area contributed by atoms with Crippen molar-refractivity contribution >= 4 is 26.8 Å². The SMILES string of the molecule is BrCCc1ccc2cncnc2c1. The fourth-order valence-corrected chi connectivity index (χ4v) is 1.74. The molecule has 0 unspecified atom stereocenters. The Hall–Kier alpha value is -0.960. The molecule has 1 heterocycles. The Balaban J connectivity index is 2.49. The second-order valence-electron chi connectivity index (χ2n) is 2.85. The van der Waals surface area contributed by atoms with E-state index in [1.54, 1.807) is 6.33 Å². The summed E-state index contributed by atoms with van der Waals surface area (Å²) in [6, 6.07) is 6.29. The molecule has 0 bridgehead atoms. The Kier molecular flexibility index (Phi) is 2.54. The zero-order valence-electron chi connectivity index (χ0n) is 7.07. The number of hydrogen-bond donors (Lipinski definition) is 0. The minimum atomic E-state index is 0.990. The van der Waals surface area contributed by atoms with Gasteiger partial charge in [0.2, 0.25) is 0 Å². The summed E-state index contributed by atoms with van der Waals surface area (Å²) in [6.07, 6.45) is 4.46. The second kappa shape index (κ2) is 3.83. The van der Waals surface area contributed by atoms with Gasteiger partial charge in [0, 0.05) is 16.9 Å². The fraction of sp³-hybridized carbons (Fsp3) is 0.200. The standard InChI is InChI=1S/C10H9BrN2/c11-4-3-8-1-2-9-6-12-7-13-10(9)5-8/h1-2,5-7H,3-4H2. The van der Waals surface area contributed by atoms with Crippen molar-refractivity contribution in [2.75, 3.05) is 5.33 Å². The zero-order chi connectivity index (χ0) is 9.10. The molecule has 0 amide bonds. The largest absolute Gasteiger partial charge is 0.244 e. The topological polar surface area (TPSA) is 25.8 Å². The molecule has 0 saturated carbocycles. The molecule has 0 radical (unpaired) electrons. The lowest BCUT2D eigenvalue weighted by molar-refractivity contribution is 1.16. The summed E-state index contributed by atoms with van der Waals surface area (Å²) in [4.78, 5) is 8.17. The highest BCUT2D eigenvalue weighted by Crippen LogP contribution is 2.12. The van der Waals surface area contributed by atoms with E-state index >= 15 is 0 Å². The van der Waals surface area contributed by atoms with Crippen molar-refractivity contribution < 1.29 is 0 Å². The van der Waals surface area contributed by atoms with Crippen LogP contribution in [0.25, 0.3) is 10.9 Å². The van der Waals surface area contributed by atoms with Crippen molar-refractivity contribution in [2.45, 2.75) is 6.42 Å². The predicted octanol–water partition coefficient (Wildman–Crippen LogP) is 2.57. The number of hydrogen-bond acceptors (Lipinski definition) is 2. The summed E-state index contributed by atoms with van der Waals surface area (Å²) >= 11 is 3.42. The molecule has 66 valence electrons. The molecular weight excluding hydrogens is 228 g/mol. The summed E-state index contributed by atoms with van der Waals surface area (Å²) in [6.45, 7) is 0. The van der Waals surface area contributed by atoms with Crippen molar-refractivity contribution in [2.24, 2.45) is 0 Å². The molecule has 13 heavy (non-hydrogen) atoms. The van der Waals surface area contributed by atoms with E-state index in [0.29, 0.717) is 0 Å². The number of alkyl halides is 1. The molecule has 2 nitrogen and oxygen atoms in total. The summed E-state index contributed by atoms with van der Waals surface area (Å²) in [5, 5.41) is 2.09. The van der Waals surface area contributed by atoms with Gasteiger partial charge in [-0.2, -0.15) is 0 Å². The van der Waals surface area contributed by atoms with Crippen molar-refractivity contribution in [3.8, 4) is 0 Å². The molecule has 1 aromatic heterocycles. The van der Waals surface area contributed by atoms with Crippen LogP contribution in [0, 0.1) is 0 Å². The highest BCUT2D eigenvalue weighted by Gasteiger charge is 1.96. The maximum atomic E-state index is 4.20. The third-order valence-corrected chi connectivity index (χ3v) is 2.35. The van der Waals surface area contributed by atoms with Crippen LogP contribution in [0.15, 0.2) is 30.7 Å². The maximum absolute atomic E-state index is 4.20. The van der Waals surface area contributed by atoms with Crippen LogP contribution >= 0.6 is 15.9 Å². The van der Waals surface area contributed by atoms with Crippen LogP contribution in [0.3, 0.4) is 0 Å². The van der Waals surface area contributed by atoms with Crippen LogP contribution in [0.2, 0.25) is 0 Å². The number of halogens is 1. The molecule has 0 N–H and O–H groups in total. The Labute approximate surface area is 85.1 Å². The van der Waals surface area contributed by atoms with Gasteiger partial charge in [0.15, 0.2) is 0 Å². The lowest BCUT2D eigenvalue weighted by Gasteiger charge is -1.99. The number of rotatable bonds is 2. The van der Waals surface area contributed by atoms with Gasteiger partial charge < -0.3 is 0 Å². The van der Waals surface area contributed by atoms with E-state index in [2.05, 4.69) is 44.1 Å². The minimum absolute atomic E-state index is 0.990. The van der Waals surface area contributed by atoms with Gasteiger partial charge in [-0.1, -0.05) is 28.1 Å². The molecule has 0 fully saturated rings. The van der Waals surface area contributed by atoms with Crippen molar-refractivity contribution in [1.82, 2.24) is 9.97 Å². The van der Waals surface area contributed by atoms with Gasteiger partial charge in [-0.05, 0) is 18.1 Å². The average Bonchev–Trinajstić information content (AvgIpc) is 2.18. The van der Waals surface area contributed by atoms with E-state index in [0.717, 1.165) is 22.7 Å². The number of benzene rings is 1. The average molecular weight is 237 g/mol. The van der Waals surface area contributed by atoms with E-state index in [-0.39, 0.29) is 0 Å². The van der Waals surface area contributed by atoms with Gasteiger partial charge in [0.1, 0.15) is 6.33 Å². The number of nitrogens with zero attached hydrogens (tertiary/aromatic N) is 2. The molecule has 1 aromatic carbocycles. The summed E-state index contributed by atoms with van der Waals surface area (Å²) in [5.41, 5.74) is 2.33. The Bertz CT molecular complexity index is 414. The van der Waals surface area contributed by atoms with Crippen LogP contribution in [-0.2, 0) is 6.42 Å². The van der Waals surface area contributed by atoms with Crippen molar-refractivity contribution in [3.05, 3.63) is 36.3 Å². The molecule has 0 saturated heterocycles. The van der Waals surface area contributed by atoms with E-state index in [1.807, 2.05) is 6.20 Å². The van der Waals surface area contributed by atoms with Gasteiger partial charge >= 0.3 is 0 Å². The first-order valence-corrected chi connectivity index (χ1v) is 5.27. The highest BCUT2D eigenvalue weighted by atomic mass is 79.9. The normalized spacial score (nSPS) is 10.5. The molecule has 3 heteroatoms. The molecule has 0 aliphatic carbocycles. The van der Waals surface area contributed by atoms with E-state index in [1.165, 1.54) is 5.56 Å². The van der Waals surface area contributed by atoms with E-state index in [9.17, 15) is 0 Å². The summed E-state index contributed by atoms with van der Waals surface area (Å²) in [7, 11) is 0. The second-order valence-corrected chi connectivity index (χ2v) is 3.65. The molecule has 2 aromatic rings. The predicted molar refractivity (Wildman–Crippen MR) is 57.0 cm³/mol. The molecule has 0 aliphatic heterocycles. The molecular formula is C10H9BrN2. The van der Waals surface area contributed by atoms with Crippen LogP contribution in [0.5, 0.6) is 0 Å². The van der Waals surface area contributed by atoms with Gasteiger partial charge in [0.25, 0.3) is 0 Å². The van der Waals surface area contributed by atoms with Crippen LogP contribution in [0.4, 0.5) is 0 Å². The van der Waals surface area contributed by atoms with Gasteiger partial charge in [0.05, 0.1) is 5.52 Å². The highest BCUT2D eigenvalue weighted by molar-refractivity contribution is 9.09. The van der Waals surface area contributed by atoms with Gasteiger partial charge in [-0.15, -0.1) is 0 Å². The zero-order valence-corrected chi connectivity index (χ0v) is 8.66. The smallest absolute Gasteiger partial charge is 0.116 e. The molecule has 2 rings (SSSR count). The number of aromatic nitrogens is 2. The first-order chi connectivity index (χ1) is 6.40. The quantitative estimate of drug-likeness (QED) is 0.750. The van der Waals surface area contributed by atoms with Crippen molar-refractivity contribution in [1.29, 1.82) is 0 Å². The van der Waals surface area contributed by atoms with Gasteiger partial charge in [-0.25, -0.2) is 9.97 Å². The van der Waals surface area contributed by atoms with Crippen LogP contribution < -0.4 is 0 Å². The molecule has 0 atom stereocenters. The third-order valence-electron chi connectivity index (χ3n) is 1.96. The first kappa shape index (κ1) is 8.63. The summed E-state index contributed by atoms with van der Waals surface area (Å²) in [5.74, 6) is 0. The van der Waals surface area contributed by atoms with Crippen LogP contribution in [-0.4, -0.2) is 15.3 Å². The lowest BCUT2D eigenvalue weighted by Crippen LogP contribution is -1.87. The first-order valence-electron chi connectivity index (χ1n) is 4.15. The third kappa shape index (κ3) is 1.86. The number of fused-ring (bicyclic) bond motifs is 1. The summed E-state index contributed by atoms with van der Waals surface area (Å²) < 4.78 is 0. The number of aryl methyl sites for hydroxylation is 1. The van der Waals surface area contributed by atoms with E-state index < -0.39 is 0 Å². The fourth-order valence-electron chi connectivity index (χ4n) is 1.28. The molecule has 0 spiro atoms. The maximum Gasteiger partial charge on any atom is 0.116 e. The monoisotopic (exact) mass is 236 g/mol. The lowest BCUT2D eigenvalue weighted by atomic mass is 10.1. The minimum Gasteiger partial charge on any atom is -0.244 e. The Morgan fingerprint density at radius 1 is 1.31 bits per heavy atom. The molecule has 0 aliphatic rings. The Morgan fingerprint density at radius 2 is 2.23 bits per heavy atom. The van der Waals surface area contributed by atoms with Crippen molar-refractivity contribution in [3.63, 3.8) is 0 Å². The Morgan fingerprint density at radius 3 is 3.08 bits per heavy atom. The van der Waals surface area contributed by atoms with Crippen LogP contribution in [0.1, 0.15) is 5.56 Å². The van der Waals surface area contributed by atoms with Gasteiger partial charge in [-0.3, -0.25) is 0 Å². The van der Waals surface area contributed by atoms with E-state index in [4.69, 9.17) is 0 Å².